The molecule has 1 N–H and O–H groups in total. The smallest absolute Gasteiger partial charge is 0.234 e. The fourth-order valence-corrected chi connectivity index (χ4v) is 3.64. The van der Waals surface area contributed by atoms with Gasteiger partial charge in [-0.15, -0.1) is 16.8 Å². The van der Waals surface area contributed by atoms with Gasteiger partial charge in [0.1, 0.15) is 5.82 Å². The first-order valence-corrected chi connectivity index (χ1v) is 9.90. The van der Waals surface area contributed by atoms with E-state index in [1.165, 1.54) is 17.8 Å². The van der Waals surface area contributed by atoms with Gasteiger partial charge < -0.3 is 5.32 Å². The Labute approximate surface area is 175 Å². The lowest BCUT2D eigenvalue weighted by atomic mass is 10.2. The fourth-order valence-electron chi connectivity index (χ4n) is 2.44. The van der Waals surface area contributed by atoms with Crippen molar-refractivity contribution in [2.75, 3.05) is 11.1 Å². The summed E-state index contributed by atoms with van der Waals surface area (Å²) in [4.78, 5) is 12.3. The molecule has 0 aliphatic carbocycles. The van der Waals surface area contributed by atoms with Gasteiger partial charge in [0.25, 0.3) is 0 Å². The summed E-state index contributed by atoms with van der Waals surface area (Å²) in [5.41, 5.74) is 0.803. The first-order valence-electron chi connectivity index (χ1n) is 8.16. The van der Waals surface area contributed by atoms with Crippen LogP contribution in [0.15, 0.2) is 60.3 Å². The van der Waals surface area contributed by atoms with E-state index in [2.05, 4.69) is 22.1 Å². The summed E-state index contributed by atoms with van der Waals surface area (Å²) in [6.07, 6.45) is 1.66. The van der Waals surface area contributed by atoms with Crippen molar-refractivity contribution in [1.29, 1.82) is 0 Å². The highest BCUT2D eigenvalue weighted by molar-refractivity contribution is 7.99. The van der Waals surface area contributed by atoms with Crippen LogP contribution >= 0.6 is 35.0 Å². The number of carbonyl (C=O) groups is 1. The van der Waals surface area contributed by atoms with Gasteiger partial charge in [0.05, 0.1) is 22.0 Å². The highest BCUT2D eigenvalue weighted by Gasteiger charge is 2.17. The Morgan fingerprint density at radius 2 is 2.04 bits per heavy atom. The van der Waals surface area contributed by atoms with Gasteiger partial charge in [0, 0.05) is 11.6 Å². The molecule has 0 radical (unpaired) electrons. The molecule has 0 spiro atoms. The Morgan fingerprint density at radius 1 is 1.25 bits per heavy atom. The average molecular weight is 437 g/mol. The van der Waals surface area contributed by atoms with Crippen LogP contribution in [0.5, 0.6) is 0 Å². The summed E-state index contributed by atoms with van der Waals surface area (Å²) < 4.78 is 15.8. The van der Waals surface area contributed by atoms with E-state index in [1.54, 1.807) is 47.0 Å². The molecule has 0 saturated carbocycles. The Morgan fingerprint density at radius 3 is 2.75 bits per heavy atom. The molecule has 28 heavy (non-hydrogen) atoms. The van der Waals surface area contributed by atoms with Crippen LogP contribution in [0.2, 0.25) is 10.0 Å². The van der Waals surface area contributed by atoms with Crippen molar-refractivity contribution in [3.8, 4) is 11.4 Å². The number of thioether (sulfide) groups is 1. The predicted molar refractivity (Wildman–Crippen MR) is 111 cm³/mol. The maximum Gasteiger partial charge on any atom is 0.234 e. The number of anilines is 1. The molecule has 9 heteroatoms. The zero-order valence-electron chi connectivity index (χ0n) is 14.5. The molecule has 0 atom stereocenters. The molecule has 1 heterocycles. The van der Waals surface area contributed by atoms with Gasteiger partial charge in [-0.2, -0.15) is 0 Å². The van der Waals surface area contributed by atoms with Crippen LogP contribution in [0.25, 0.3) is 11.4 Å². The third kappa shape index (κ3) is 4.73. The maximum absolute atomic E-state index is 14.1. The molecule has 3 aromatic rings. The molecule has 0 fully saturated rings. The molecule has 0 aliphatic heterocycles. The van der Waals surface area contributed by atoms with Crippen LogP contribution in [-0.2, 0) is 11.3 Å². The number of nitrogens with one attached hydrogen (secondary N) is 1. The summed E-state index contributed by atoms with van der Waals surface area (Å²) >= 11 is 13.1. The van der Waals surface area contributed by atoms with Crippen molar-refractivity contribution >= 4 is 46.6 Å². The number of carbonyl (C=O) groups excluding carboxylic acids is 1. The molecule has 1 amide bonds. The lowest BCUT2D eigenvalue weighted by Crippen LogP contribution is -2.15. The number of aromatic nitrogens is 3. The number of hydrogen-bond acceptors (Lipinski definition) is 4. The number of rotatable bonds is 7. The minimum Gasteiger partial charge on any atom is -0.324 e. The van der Waals surface area contributed by atoms with Crippen LogP contribution < -0.4 is 5.32 Å². The molecule has 0 saturated heterocycles. The van der Waals surface area contributed by atoms with Gasteiger partial charge in [0.15, 0.2) is 11.0 Å². The maximum atomic E-state index is 14.1. The number of amides is 1. The molecule has 5 nitrogen and oxygen atoms in total. The third-order valence-corrected chi connectivity index (χ3v) is 5.20. The topological polar surface area (TPSA) is 59.8 Å². The molecule has 2 aromatic carbocycles. The van der Waals surface area contributed by atoms with Crippen molar-refractivity contribution in [1.82, 2.24) is 14.8 Å². The van der Waals surface area contributed by atoms with E-state index in [0.29, 0.717) is 38.8 Å². The molecule has 0 unspecified atom stereocenters. The quantitative estimate of drug-likeness (QED) is 0.402. The van der Waals surface area contributed by atoms with Crippen molar-refractivity contribution < 1.29 is 9.18 Å². The highest BCUT2D eigenvalue weighted by atomic mass is 35.5. The normalized spacial score (nSPS) is 10.7. The summed E-state index contributed by atoms with van der Waals surface area (Å²) in [6.45, 7) is 4.10. The zero-order chi connectivity index (χ0) is 20.1. The van der Waals surface area contributed by atoms with E-state index in [9.17, 15) is 9.18 Å². The van der Waals surface area contributed by atoms with Crippen LogP contribution in [0.1, 0.15) is 0 Å². The van der Waals surface area contributed by atoms with Crippen LogP contribution in [0.3, 0.4) is 0 Å². The summed E-state index contributed by atoms with van der Waals surface area (Å²) in [5, 5.41) is 12.2. The monoisotopic (exact) mass is 436 g/mol. The largest absolute Gasteiger partial charge is 0.324 e. The predicted octanol–water partition coefficient (Wildman–Crippen LogP) is 5.31. The van der Waals surface area contributed by atoms with Gasteiger partial charge in [-0.3, -0.25) is 9.36 Å². The van der Waals surface area contributed by atoms with E-state index in [4.69, 9.17) is 23.2 Å². The van der Waals surface area contributed by atoms with E-state index >= 15 is 0 Å². The van der Waals surface area contributed by atoms with Gasteiger partial charge >= 0.3 is 0 Å². The number of benzene rings is 2. The molecular formula is C19H15Cl2FN4OS. The first kappa shape index (κ1) is 20.4. The van der Waals surface area contributed by atoms with Crippen LogP contribution in [-0.4, -0.2) is 26.4 Å². The standard InChI is InChI=1S/C19H15Cl2FN4OS/c1-2-9-26-18(13-5-3-4-6-15(13)22)24-25-19(26)28-11-17(27)23-16-8-7-12(20)10-14(16)21/h2-8,10H,1,9,11H2,(H,23,27). The number of allylic oxidation sites excluding steroid dienone is 1. The molecule has 144 valence electrons. The summed E-state index contributed by atoms with van der Waals surface area (Å²) in [6, 6.07) is 11.1. The zero-order valence-corrected chi connectivity index (χ0v) is 16.9. The molecule has 1 aromatic heterocycles. The fraction of sp³-hybridized carbons (Fsp3) is 0.105. The van der Waals surface area contributed by atoms with Crippen molar-refractivity contribution in [2.24, 2.45) is 0 Å². The van der Waals surface area contributed by atoms with Gasteiger partial charge in [-0.25, -0.2) is 4.39 Å². The van der Waals surface area contributed by atoms with Crippen LogP contribution in [0.4, 0.5) is 10.1 Å². The second-order valence-electron chi connectivity index (χ2n) is 5.65. The van der Waals surface area contributed by atoms with Crippen molar-refractivity contribution in [2.45, 2.75) is 11.7 Å². The Kier molecular flexibility index (Phi) is 6.72. The highest BCUT2D eigenvalue weighted by Crippen LogP contribution is 2.28. The number of halogens is 3. The van der Waals surface area contributed by atoms with Gasteiger partial charge in [-0.05, 0) is 30.3 Å². The van der Waals surface area contributed by atoms with E-state index in [-0.39, 0.29) is 11.7 Å². The number of nitrogens with zero attached hydrogens (tertiary/aromatic N) is 3. The van der Waals surface area contributed by atoms with Gasteiger partial charge in [-0.1, -0.05) is 53.2 Å². The number of hydrogen-bond donors (Lipinski definition) is 1. The Hall–Kier alpha value is -2.35. The molecule has 3 rings (SSSR count). The van der Waals surface area contributed by atoms with E-state index < -0.39 is 5.82 Å². The third-order valence-electron chi connectivity index (χ3n) is 3.68. The van der Waals surface area contributed by atoms with E-state index in [1.807, 2.05) is 0 Å². The van der Waals surface area contributed by atoms with Gasteiger partial charge in [0.2, 0.25) is 5.91 Å². The SMILES string of the molecule is C=CCn1c(SCC(=O)Nc2ccc(Cl)cc2Cl)nnc1-c1ccccc1F. The second-order valence-corrected chi connectivity index (χ2v) is 7.43. The lowest BCUT2D eigenvalue weighted by molar-refractivity contribution is -0.113. The summed E-state index contributed by atoms with van der Waals surface area (Å²) in [5.74, 6) is -0.214. The average Bonchev–Trinajstić information content (AvgIpc) is 3.06. The van der Waals surface area contributed by atoms with Crippen LogP contribution in [0, 0.1) is 5.82 Å². The summed E-state index contributed by atoms with van der Waals surface area (Å²) in [7, 11) is 0. The minimum absolute atomic E-state index is 0.0749. The van der Waals surface area contributed by atoms with Crippen molar-refractivity contribution in [3.63, 3.8) is 0 Å². The Balaban J connectivity index is 1.74. The molecule has 0 aliphatic rings. The Bertz CT molecular complexity index is 1020. The molecular weight excluding hydrogens is 422 g/mol. The van der Waals surface area contributed by atoms with E-state index in [0.717, 1.165) is 0 Å². The van der Waals surface area contributed by atoms with Crippen molar-refractivity contribution in [3.05, 3.63) is 71.0 Å². The second kappa shape index (κ2) is 9.23. The lowest BCUT2D eigenvalue weighted by Gasteiger charge is -2.09. The molecule has 0 bridgehead atoms. The first-order chi connectivity index (χ1) is 13.5. The minimum atomic E-state index is -0.396.